The molecule has 1 aromatic heterocycles. The van der Waals surface area contributed by atoms with E-state index in [1.807, 2.05) is 18.2 Å². The maximum atomic E-state index is 9.81. The van der Waals surface area contributed by atoms with E-state index in [1.165, 1.54) is 0 Å². The molecule has 0 fully saturated rings. The van der Waals surface area contributed by atoms with Crippen LogP contribution in [0.3, 0.4) is 0 Å². The van der Waals surface area contributed by atoms with E-state index >= 15 is 0 Å². The molecule has 0 radical (unpaired) electrons. The van der Waals surface area contributed by atoms with Gasteiger partial charge in [0.2, 0.25) is 0 Å². The van der Waals surface area contributed by atoms with Crippen LogP contribution in [0.5, 0.6) is 5.75 Å². The zero-order valence-corrected chi connectivity index (χ0v) is 11.7. The van der Waals surface area contributed by atoms with E-state index in [4.69, 9.17) is 14.4 Å². The molecule has 0 saturated heterocycles. The van der Waals surface area contributed by atoms with Gasteiger partial charge in [-0.2, -0.15) is 5.26 Å². The average molecular weight is 286 g/mol. The second-order valence-corrected chi connectivity index (χ2v) is 4.63. The van der Waals surface area contributed by atoms with E-state index in [0.717, 1.165) is 18.7 Å². The smallest absolute Gasteiger partial charge is 0.119 e. The van der Waals surface area contributed by atoms with Crippen molar-refractivity contribution >= 4 is 0 Å². The summed E-state index contributed by atoms with van der Waals surface area (Å²) in [6, 6.07) is 12.6. The highest BCUT2D eigenvalue weighted by molar-refractivity contribution is 5.34. The number of hydrogen-bond donors (Lipinski definition) is 2. The number of benzene rings is 1. The van der Waals surface area contributed by atoms with Gasteiger partial charge in [-0.3, -0.25) is 0 Å². The zero-order chi connectivity index (χ0) is 14.9. The molecule has 2 N–H and O–H groups in total. The van der Waals surface area contributed by atoms with Crippen LogP contribution in [0.2, 0.25) is 0 Å². The SMILES string of the molecule is N#Cc1ccc(OCC(O)CNCCc2ccco2)cc1. The number of hydrogen-bond acceptors (Lipinski definition) is 5. The van der Waals surface area contributed by atoms with Gasteiger partial charge in [-0.15, -0.1) is 0 Å². The summed E-state index contributed by atoms with van der Waals surface area (Å²) in [6.45, 7) is 1.40. The van der Waals surface area contributed by atoms with Crippen LogP contribution in [-0.4, -0.2) is 30.9 Å². The number of ether oxygens (including phenoxy) is 1. The Morgan fingerprint density at radius 1 is 1.29 bits per heavy atom. The Bertz CT molecular complexity index is 558. The minimum atomic E-state index is -0.586. The summed E-state index contributed by atoms with van der Waals surface area (Å²) in [6.07, 6.45) is 1.85. The Labute approximate surface area is 123 Å². The Balaban J connectivity index is 1.60. The van der Waals surface area contributed by atoms with Gasteiger partial charge < -0.3 is 19.6 Å². The molecule has 0 spiro atoms. The van der Waals surface area contributed by atoms with E-state index in [2.05, 4.69) is 5.32 Å². The molecule has 21 heavy (non-hydrogen) atoms. The quantitative estimate of drug-likeness (QED) is 0.722. The fourth-order valence-electron chi connectivity index (χ4n) is 1.81. The molecule has 0 aliphatic heterocycles. The van der Waals surface area contributed by atoms with Crippen LogP contribution in [0.25, 0.3) is 0 Å². The summed E-state index contributed by atoms with van der Waals surface area (Å²) < 4.78 is 10.7. The standard InChI is InChI=1S/C16H18N2O3/c17-10-13-3-5-16(6-4-13)21-12-14(19)11-18-8-7-15-2-1-9-20-15/h1-6,9,14,18-19H,7-8,11-12H2. The number of nitrogens with zero attached hydrogens (tertiary/aromatic N) is 1. The minimum Gasteiger partial charge on any atom is -0.491 e. The Hall–Kier alpha value is -2.29. The highest BCUT2D eigenvalue weighted by Crippen LogP contribution is 2.11. The van der Waals surface area contributed by atoms with E-state index in [9.17, 15) is 5.11 Å². The molecule has 1 aromatic carbocycles. The number of aliphatic hydroxyl groups excluding tert-OH is 1. The lowest BCUT2D eigenvalue weighted by Gasteiger charge is -2.13. The number of nitrogens with one attached hydrogen (secondary N) is 1. The Morgan fingerprint density at radius 3 is 2.76 bits per heavy atom. The first-order valence-corrected chi connectivity index (χ1v) is 6.82. The highest BCUT2D eigenvalue weighted by atomic mass is 16.5. The van der Waals surface area contributed by atoms with Crippen LogP contribution in [-0.2, 0) is 6.42 Å². The summed E-state index contributed by atoms with van der Waals surface area (Å²) in [5, 5.41) is 21.6. The van der Waals surface area contributed by atoms with E-state index in [0.29, 0.717) is 17.9 Å². The van der Waals surface area contributed by atoms with Crippen molar-refractivity contribution in [3.63, 3.8) is 0 Å². The molecule has 0 aliphatic carbocycles. The van der Waals surface area contributed by atoms with Crippen molar-refractivity contribution in [3.05, 3.63) is 54.0 Å². The number of aliphatic hydroxyl groups is 1. The van der Waals surface area contributed by atoms with Gasteiger partial charge in [0.05, 0.1) is 17.9 Å². The molecule has 110 valence electrons. The molecule has 1 unspecified atom stereocenters. The Kier molecular flexibility index (Phi) is 5.83. The number of nitriles is 1. The van der Waals surface area contributed by atoms with Crippen molar-refractivity contribution in [1.82, 2.24) is 5.32 Å². The van der Waals surface area contributed by atoms with Gasteiger partial charge in [-0.1, -0.05) is 0 Å². The van der Waals surface area contributed by atoms with Crippen LogP contribution in [0.4, 0.5) is 0 Å². The highest BCUT2D eigenvalue weighted by Gasteiger charge is 2.05. The van der Waals surface area contributed by atoms with Crippen molar-refractivity contribution in [2.24, 2.45) is 0 Å². The van der Waals surface area contributed by atoms with Gasteiger partial charge in [-0.25, -0.2) is 0 Å². The predicted octanol–water partition coefficient (Wildman–Crippen LogP) is 1.72. The van der Waals surface area contributed by atoms with E-state index < -0.39 is 6.10 Å². The third-order valence-corrected chi connectivity index (χ3v) is 2.93. The van der Waals surface area contributed by atoms with Gasteiger partial charge in [0.1, 0.15) is 24.2 Å². The second kappa shape index (κ2) is 8.10. The molecule has 5 heteroatoms. The maximum Gasteiger partial charge on any atom is 0.119 e. The summed E-state index contributed by atoms with van der Waals surface area (Å²) >= 11 is 0. The van der Waals surface area contributed by atoms with Crippen molar-refractivity contribution in [3.8, 4) is 11.8 Å². The maximum absolute atomic E-state index is 9.81. The van der Waals surface area contributed by atoms with Crippen LogP contribution >= 0.6 is 0 Å². The van der Waals surface area contributed by atoms with Gasteiger partial charge in [0, 0.05) is 19.5 Å². The third-order valence-electron chi connectivity index (χ3n) is 2.93. The molecular formula is C16H18N2O3. The van der Waals surface area contributed by atoms with Crippen molar-refractivity contribution < 1.29 is 14.3 Å². The normalized spacial score (nSPS) is 11.8. The van der Waals surface area contributed by atoms with Crippen molar-refractivity contribution in [1.29, 1.82) is 5.26 Å². The van der Waals surface area contributed by atoms with Crippen molar-refractivity contribution in [2.75, 3.05) is 19.7 Å². The van der Waals surface area contributed by atoms with Crippen molar-refractivity contribution in [2.45, 2.75) is 12.5 Å². The molecule has 0 aliphatic rings. The molecule has 2 rings (SSSR count). The van der Waals surface area contributed by atoms with Gasteiger partial charge in [-0.05, 0) is 36.4 Å². The monoisotopic (exact) mass is 286 g/mol. The largest absolute Gasteiger partial charge is 0.491 e. The molecule has 1 atom stereocenters. The van der Waals surface area contributed by atoms with Gasteiger partial charge >= 0.3 is 0 Å². The van der Waals surface area contributed by atoms with E-state index in [-0.39, 0.29) is 6.61 Å². The molecule has 5 nitrogen and oxygen atoms in total. The van der Waals surface area contributed by atoms with Crippen LogP contribution in [0.15, 0.2) is 47.1 Å². The lowest BCUT2D eigenvalue weighted by atomic mass is 10.2. The van der Waals surface area contributed by atoms with Crippen LogP contribution < -0.4 is 10.1 Å². The molecule has 0 saturated carbocycles. The summed E-state index contributed by atoms with van der Waals surface area (Å²) in [4.78, 5) is 0. The molecular weight excluding hydrogens is 268 g/mol. The van der Waals surface area contributed by atoms with Crippen LogP contribution in [0.1, 0.15) is 11.3 Å². The number of rotatable bonds is 8. The number of furan rings is 1. The first-order valence-electron chi connectivity index (χ1n) is 6.82. The summed E-state index contributed by atoms with van der Waals surface area (Å²) in [7, 11) is 0. The minimum absolute atomic E-state index is 0.208. The third kappa shape index (κ3) is 5.30. The predicted molar refractivity (Wildman–Crippen MR) is 77.9 cm³/mol. The Morgan fingerprint density at radius 2 is 2.10 bits per heavy atom. The molecule has 0 amide bonds. The fourth-order valence-corrected chi connectivity index (χ4v) is 1.81. The van der Waals surface area contributed by atoms with Crippen LogP contribution in [0, 0.1) is 11.3 Å². The molecule has 1 heterocycles. The lowest BCUT2D eigenvalue weighted by molar-refractivity contribution is 0.106. The molecule has 0 bridgehead atoms. The average Bonchev–Trinajstić information content (AvgIpc) is 3.03. The summed E-state index contributed by atoms with van der Waals surface area (Å²) in [5.41, 5.74) is 0.586. The zero-order valence-electron chi connectivity index (χ0n) is 11.7. The van der Waals surface area contributed by atoms with E-state index in [1.54, 1.807) is 30.5 Å². The molecule has 2 aromatic rings. The van der Waals surface area contributed by atoms with Gasteiger partial charge in [0.25, 0.3) is 0 Å². The topological polar surface area (TPSA) is 78.4 Å². The first-order chi connectivity index (χ1) is 10.3. The second-order valence-electron chi connectivity index (χ2n) is 4.63. The summed E-state index contributed by atoms with van der Waals surface area (Å²) in [5.74, 6) is 1.56. The van der Waals surface area contributed by atoms with Gasteiger partial charge in [0.15, 0.2) is 0 Å². The lowest BCUT2D eigenvalue weighted by Crippen LogP contribution is -2.32. The first kappa shape index (κ1) is 15.1. The fraction of sp³-hybridized carbons (Fsp3) is 0.312.